The largest absolute Gasteiger partial charge is 0.313 e. The van der Waals surface area contributed by atoms with E-state index in [1.807, 2.05) is 6.21 Å². The summed E-state index contributed by atoms with van der Waals surface area (Å²) in [6.07, 6.45) is 1.82. The van der Waals surface area contributed by atoms with Crippen molar-refractivity contribution in [1.29, 1.82) is 0 Å². The van der Waals surface area contributed by atoms with Crippen LogP contribution < -0.4 is 5.43 Å². The zero-order valence-corrected chi connectivity index (χ0v) is 6.90. The number of rotatable bonds is 2. The maximum atomic E-state index is 3.89. The second-order valence-corrected chi connectivity index (χ2v) is 3.25. The SMILES string of the molecule is CN/N=C/c1ccc(C)s1. The fourth-order valence-corrected chi connectivity index (χ4v) is 1.40. The van der Waals surface area contributed by atoms with Crippen molar-refractivity contribution in [2.24, 2.45) is 5.10 Å². The predicted octanol–water partition coefficient (Wildman–Crippen LogP) is 1.61. The quantitative estimate of drug-likeness (QED) is 0.508. The monoisotopic (exact) mass is 154 g/mol. The minimum Gasteiger partial charge on any atom is -0.313 e. The lowest BCUT2D eigenvalue weighted by Crippen LogP contribution is -1.92. The molecule has 1 aromatic heterocycles. The van der Waals surface area contributed by atoms with Crippen molar-refractivity contribution in [3.05, 3.63) is 21.9 Å². The fourth-order valence-electron chi connectivity index (χ4n) is 0.651. The highest BCUT2D eigenvalue weighted by Crippen LogP contribution is 2.11. The Labute approximate surface area is 64.6 Å². The second kappa shape index (κ2) is 3.37. The molecule has 0 unspecified atom stereocenters. The average Bonchev–Trinajstić information content (AvgIpc) is 2.31. The number of hydrazone groups is 1. The summed E-state index contributed by atoms with van der Waals surface area (Å²) in [5.74, 6) is 0. The van der Waals surface area contributed by atoms with Crippen LogP contribution in [0.25, 0.3) is 0 Å². The van der Waals surface area contributed by atoms with Crippen LogP contribution in [0.3, 0.4) is 0 Å². The van der Waals surface area contributed by atoms with E-state index in [2.05, 4.69) is 29.6 Å². The van der Waals surface area contributed by atoms with E-state index in [4.69, 9.17) is 0 Å². The average molecular weight is 154 g/mol. The summed E-state index contributed by atoms with van der Waals surface area (Å²) in [6, 6.07) is 4.14. The van der Waals surface area contributed by atoms with E-state index in [0.29, 0.717) is 0 Å². The van der Waals surface area contributed by atoms with E-state index in [1.54, 1.807) is 18.4 Å². The number of nitrogens with zero attached hydrogens (tertiary/aromatic N) is 1. The van der Waals surface area contributed by atoms with Gasteiger partial charge in [-0.1, -0.05) is 0 Å². The molecule has 0 radical (unpaired) electrons. The van der Waals surface area contributed by atoms with Gasteiger partial charge in [0.1, 0.15) is 0 Å². The van der Waals surface area contributed by atoms with Gasteiger partial charge in [0.2, 0.25) is 0 Å². The molecule has 0 bridgehead atoms. The molecule has 1 heterocycles. The third kappa shape index (κ3) is 1.84. The van der Waals surface area contributed by atoms with Gasteiger partial charge in [0.25, 0.3) is 0 Å². The highest BCUT2D eigenvalue weighted by Gasteiger charge is 1.89. The predicted molar refractivity (Wildman–Crippen MR) is 45.7 cm³/mol. The van der Waals surface area contributed by atoms with Crippen molar-refractivity contribution >= 4 is 17.6 Å². The summed E-state index contributed by atoms with van der Waals surface area (Å²) in [4.78, 5) is 2.50. The summed E-state index contributed by atoms with van der Waals surface area (Å²) in [5, 5.41) is 3.89. The Kier molecular flexibility index (Phi) is 2.45. The van der Waals surface area contributed by atoms with Gasteiger partial charge in [-0.3, -0.25) is 0 Å². The molecule has 2 nitrogen and oxygen atoms in total. The van der Waals surface area contributed by atoms with E-state index >= 15 is 0 Å². The van der Waals surface area contributed by atoms with Crippen LogP contribution in [0.5, 0.6) is 0 Å². The van der Waals surface area contributed by atoms with Crippen LogP contribution in [-0.4, -0.2) is 13.3 Å². The normalized spacial score (nSPS) is 10.6. The van der Waals surface area contributed by atoms with Gasteiger partial charge in [-0.25, -0.2) is 0 Å². The first-order valence-electron chi connectivity index (χ1n) is 3.09. The molecule has 0 aliphatic rings. The van der Waals surface area contributed by atoms with Crippen LogP contribution in [0.2, 0.25) is 0 Å². The van der Waals surface area contributed by atoms with Gasteiger partial charge in [-0.2, -0.15) is 5.10 Å². The molecule has 10 heavy (non-hydrogen) atoms. The van der Waals surface area contributed by atoms with Gasteiger partial charge in [-0.15, -0.1) is 11.3 Å². The van der Waals surface area contributed by atoms with Crippen LogP contribution >= 0.6 is 11.3 Å². The molecule has 54 valence electrons. The van der Waals surface area contributed by atoms with Crippen LogP contribution in [0, 0.1) is 6.92 Å². The molecule has 0 fully saturated rings. The van der Waals surface area contributed by atoms with Crippen LogP contribution in [0.4, 0.5) is 0 Å². The minimum absolute atomic E-state index is 1.19. The van der Waals surface area contributed by atoms with Crippen LogP contribution in [0.1, 0.15) is 9.75 Å². The summed E-state index contributed by atoms with van der Waals surface area (Å²) >= 11 is 1.74. The first kappa shape index (κ1) is 7.28. The molecule has 0 aromatic carbocycles. The zero-order chi connectivity index (χ0) is 7.40. The van der Waals surface area contributed by atoms with Crippen molar-refractivity contribution in [2.45, 2.75) is 6.92 Å². The lowest BCUT2D eigenvalue weighted by molar-refractivity contribution is 0.908. The third-order valence-electron chi connectivity index (χ3n) is 1.08. The molecule has 0 spiro atoms. The Hall–Kier alpha value is -0.830. The summed E-state index contributed by atoms with van der Waals surface area (Å²) in [5.41, 5.74) is 2.70. The van der Waals surface area contributed by atoms with Gasteiger partial charge in [-0.05, 0) is 19.1 Å². The van der Waals surface area contributed by atoms with Gasteiger partial charge in [0.15, 0.2) is 0 Å². The molecule has 1 aromatic rings. The number of hydrogen-bond donors (Lipinski definition) is 1. The van der Waals surface area contributed by atoms with Crippen LogP contribution in [0.15, 0.2) is 17.2 Å². The first-order valence-corrected chi connectivity index (χ1v) is 3.91. The van der Waals surface area contributed by atoms with E-state index in [-0.39, 0.29) is 0 Å². The standard InChI is InChI=1S/C7H10N2S/c1-6-3-4-7(10-6)5-9-8-2/h3-5,8H,1-2H3/b9-5+. The Balaban J connectivity index is 2.67. The Bertz CT molecular complexity index is 227. The number of aryl methyl sites for hydroxylation is 1. The molecule has 0 atom stereocenters. The molecule has 0 saturated heterocycles. The van der Waals surface area contributed by atoms with E-state index in [9.17, 15) is 0 Å². The molecule has 0 saturated carbocycles. The lowest BCUT2D eigenvalue weighted by Gasteiger charge is -1.83. The number of thiophene rings is 1. The fraction of sp³-hybridized carbons (Fsp3) is 0.286. The molecular weight excluding hydrogens is 144 g/mol. The van der Waals surface area contributed by atoms with Crippen LogP contribution in [-0.2, 0) is 0 Å². The minimum atomic E-state index is 1.19. The molecule has 0 aliphatic carbocycles. The summed E-state index contributed by atoms with van der Waals surface area (Å²) in [7, 11) is 1.79. The van der Waals surface area contributed by atoms with Crippen molar-refractivity contribution < 1.29 is 0 Å². The smallest absolute Gasteiger partial charge is 0.0640 e. The summed E-state index contributed by atoms with van der Waals surface area (Å²) < 4.78 is 0. The van der Waals surface area contributed by atoms with Gasteiger partial charge in [0.05, 0.1) is 6.21 Å². The van der Waals surface area contributed by atoms with Crippen molar-refractivity contribution in [3.8, 4) is 0 Å². The Morgan fingerprint density at radius 1 is 1.60 bits per heavy atom. The van der Waals surface area contributed by atoms with Crippen molar-refractivity contribution in [3.63, 3.8) is 0 Å². The second-order valence-electron chi connectivity index (χ2n) is 1.93. The molecule has 0 aliphatic heterocycles. The Morgan fingerprint density at radius 3 is 2.90 bits per heavy atom. The first-order chi connectivity index (χ1) is 4.83. The lowest BCUT2D eigenvalue weighted by atomic mass is 10.4. The maximum Gasteiger partial charge on any atom is 0.0640 e. The van der Waals surface area contributed by atoms with Gasteiger partial charge in [0, 0.05) is 16.8 Å². The van der Waals surface area contributed by atoms with Gasteiger partial charge < -0.3 is 5.43 Å². The van der Waals surface area contributed by atoms with E-state index < -0.39 is 0 Å². The number of nitrogens with one attached hydrogen (secondary N) is 1. The highest BCUT2D eigenvalue weighted by molar-refractivity contribution is 7.13. The Morgan fingerprint density at radius 2 is 2.40 bits per heavy atom. The summed E-state index contributed by atoms with van der Waals surface area (Å²) in [6.45, 7) is 2.08. The molecule has 1 N–H and O–H groups in total. The third-order valence-corrected chi connectivity index (χ3v) is 2.02. The van der Waals surface area contributed by atoms with E-state index in [1.165, 1.54) is 9.75 Å². The highest BCUT2D eigenvalue weighted by atomic mass is 32.1. The molecular formula is C7H10N2S. The topological polar surface area (TPSA) is 24.4 Å². The van der Waals surface area contributed by atoms with Gasteiger partial charge >= 0.3 is 0 Å². The van der Waals surface area contributed by atoms with E-state index in [0.717, 1.165) is 0 Å². The maximum absolute atomic E-state index is 3.89. The molecule has 3 heteroatoms. The zero-order valence-electron chi connectivity index (χ0n) is 6.09. The number of hydrogen-bond acceptors (Lipinski definition) is 3. The molecule has 0 amide bonds. The molecule has 1 rings (SSSR count). The van der Waals surface area contributed by atoms with Crippen molar-refractivity contribution in [1.82, 2.24) is 5.43 Å². The van der Waals surface area contributed by atoms with Crippen molar-refractivity contribution in [2.75, 3.05) is 7.05 Å².